The zero-order chi connectivity index (χ0) is 13.6. The molecule has 0 saturated heterocycles. The van der Waals surface area contributed by atoms with Gasteiger partial charge in [0, 0.05) is 13.0 Å². The molecule has 1 fully saturated rings. The van der Waals surface area contributed by atoms with Crippen molar-refractivity contribution in [2.75, 3.05) is 19.8 Å². The van der Waals surface area contributed by atoms with Crippen LogP contribution in [0.25, 0.3) is 0 Å². The molecule has 4 nitrogen and oxygen atoms in total. The predicted octanol–water partition coefficient (Wildman–Crippen LogP) is 1.89. The van der Waals surface area contributed by atoms with Crippen molar-refractivity contribution < 1.29 is 14.6 Å². The highest BCUT2D eigenvalue weighted by Gasteiger charge is 2.30. The minimum absolute atomic E-state index is 0.0459. The van der Waals surface area contributed by atoms with Crippen LogP contribution < -0.4 is 5.73 Å². The summed E-state index contributed by atoms with van der Waals surface area (Å²) >= 11 is 0. The normalized spacial score (nSPS) is 26.0. The van der Waals surface area contributed by atoms with E-state index in [0.29, 0.717) is 19.8 Å². The van der Waals surface area contributed by atoms with Crippen molar-refractivity contribution in [1.82, 2.24) is 0 Å². The summed E-state index contributed by atoms with van der Waals surface area (Å²) in [5.74, 6) is 0.892. The predicted molar refractivity (Wildman–Crippen MR) is 74.6 cm³/mol. The lowest BCUT2D eigenvalue weighted by Gasteiger charge is -2.32. The highest BCUT2D eigenvalue weighted by Crippen LogP contribution is 2.29. The number of hydrogen-bond acceptors (Lipinski definition) is 4. The van der Waals surface area contributed by atoms with Gasteiger partial charge in [-0.05, 0) is 18.9 Å². The van der Waals surface area contributed by atoms with Gasteiger partial charge in [-0.25, -0.2) is 0 Å². The maximum Gasteiger partial charge on any atom is 0.116 e. The van der Waals surface area contributed by atoms with E-state index in [9.17, 15) is 5.11 Å². The van der Waals surface area contributed by atoms with Crippen LogP contribution in [0.3, 0.4) is 0 Å². The Morgan fingerprint density at radius 1 is 1.32 bits per heavy atom. The molecule has 0 unspecified atom stereocenters. The van der Waals surface area contributed by atoms with Gasteiger partial charge in [-0.2, -0.15) is 0 Å². The van der Waals surface area contributed by atoms with Gasteiger partial charge in [0.25, 0.3) is 0 Å². The molecule has 2 aliphatic carbocycles. The van der Waals surface area contributed by atoms with Crippen molar-refractivity contribution in [2.24, 2.45) is 5.73 Å². The molecule has 0 heterocycles. The molecular formula is C15H25NO3. The molecule has 0 aromatic carbocycles. The fourth-order valence-electron chi connectivity index (χ4n) is 2.64. The summed E-state index contributed by atoms with van der Waals surface area (Å²) < 4.78 is 11.4. The number of nitrogens with two attached hydrogens (primary N) is 1. The van der Waals surface area contributed by atoms with E-state index in [-0.39, 0.29) is 6.10 Å². The number of allylic oxidation sites excluding steroid dienone is 2. The molecular weight excluding hydrogens is 242 g/mol. The lowest BCUT2D eigenvalue weighted by atomic mass is 9.85. The number of ether oxygens (including phenoxy) is 2. The van der Waals surface area contributed by atoms with Gasteiger partial charge in [0.1, 0.15) is 6.61 Å². The van der Waals surface area contributed by atoms with Crippen molar-refractivity contribution in [3.05, 3.63) is 24.0 Å². The molecule has 0 amide bonds. The fraction of sp³-hybridized carbons (Fsp3) is 0.733. The number of rotatable bonds is 6. The average molecular weight is 267 g/mol. The molecule has 0 aromatic rings. The fourth-order valence-corrected chi connectivity index (χ4v) is 2.64. The first-order valence-electron chi connectivity index (χ1n) is 7.26. The van der Waals surface area contributed by atoms with Crippen molar-refractivity contribution in [1.29, 1.82) is 0 Å². The molecule has 2 aliphatic rings. The van der Waals surface area contributed by atoms with E-state index in [1.807, 2.05) is 18.2 Å². The quantitative estimate of drug-likeness (QED) is 0.771. The topological polar surface area (TPSA) is 64.7 Å². The maximum atomic E-state index is 10.4. The van der Waals surface area contributed by atoms with Gasteiger partial charge in [0.05, 0.1) is 24.1 Å². The zero-order valence-corrected chi connectivity index (χ0v) is 11.5. The summed E-state index contributed by atoms with van der Waals surface area (Å²) in [6, 6.07) is 0. The molecule has 1 atom stereocenters. The molecule has 108 valence electrons. The van der Waals surface area contributed by atoms with Crippen LogP contribution in [0.2, 0.25) is 0 Å². The van der Waals surface area contributed by atoms with Crippen molar-refractivity contribution in [2.45, 2.75) is 50.2 Å². The second kappa shape index (κ2) is 7.08. The second-order valence-corrected chi connectivity index (χ2v) is 5.49. The third kappa shape index (κ3) is 4.64. The minimum atomic E-state index is -0.631. The van der Waals surface area contributed by atoms with E-state index in [4.69, 9.17) is 15.2 Å². The summed E-state index contributed by atoms with van der Waals surface area (Å²) in [5, 5.41) is 10.4. The van der Waals surface area contributed by atoms with Crippen LogP contribution in [0, 0.1) is 0 Å². The van der Waals surface area contributed by atoms with E-state index in [2.05, 4.69) is 0 Å². The number of hydrogen-bond donors (Lipinski definition) is 2. The lowest BCUT2D eigenvalue weighted by molar-refractivity contribution is -0.0558. The third-order valence-corrected chi connectivity index (χ3v) is 3.77. The molecule has 1 saturated carbocycles. The van der Waals surface area contributed by atoms with Crippen molar-refractivity contribution >= 4 is 0 Å². The largest absolute Gasteiger partial charge is 0.495 e. The van der Waals surface area contributed by atoms with E-state index in [1.165, 1.54) is 6.42 Å². The Bertz CT molecular complexity index is 332. The summed E-state index contributed by atoms with van der Waals surface area (Å²) in [6.07, 6.45) is 11.8. The summed E-state index contributed by atoms with van der Waals surface area (Å²) in [6.45, 7) is 1.49. The highest BCUT2D eigenvalue weighted by atomic mass is 16.5. The summed E-state index contributed by atoms with van der Waals surface area (Å²) in [4.78, 5) is 0. The zero-order valence-electron chi connectivity index (χ0n) is 11.5. The van der Waals surface area contributed by atoms with Gasteiger partial charge in [0.2, 0.25) is 0 Å². The maximum absolute atomic E-state index is 10.4. The Labute approximate surface area is 115 Å². The average Bonchev–Trinajstić information content (AvgIpc) is 2.44. The van der Waals surface area contributed by atoms with Crippen LogP contribution in [0.4, 0.5) is 0 Å². The van der Waals surface area contributed by atoms with Crippen molar-refractivity contribution in [3.63, 3.8) is 0 Å². The van der Waals surface area contributed by atoms with Gasteiger partial charge in [-0.3, -0.25) is 0 Å². The van der Waals surface area contributed by atoms with E-state index < -0.39 is 5.60 Å². The minimum Gasteiger partial charge on any atom is -0.495 e. The van der Waals surface area contributed by atoms with Crippen LogP contribution in [-0.4, -0.2) is 36.6 Å². The van der Waals surface area contributed by atoms with Gasteiger partial charge in [-0.15, -0.1) is 0 Å². The molecule has 3 N–H and O–H groups in total. The van der Waals surface area contributed by atoms with Gasteiger partial charge in [0.15, 0.2) is 0 Å². The van der Waals surface area contributed by atoms with Crippen LogP contribution in [0.15, 0.2) is 24.0 Å². The standard InChI is InChI=1S/C15H25NO3/c16-9-10-18-13-5-4-6-14(11-13)19-12-15(17)7-2-1-3-8-15/h4-6,13,17H,1-3,7-12,16H2/t13-/m1/s1. The number of aliphatic hydroxyl groups is 1. The second-order valence-electron chi connectivity index (χ2n) is 5.49. The van der Waals surface area contributed by atoms with Crippen molar-refractivity contribution in [3.8, 4) is 0 Å². The molecule has 4 heteroatoms. The van der Waals surface area contributed by atoms with Gasteiger partial charge >= 0.3 is 0 Å². The Hall–Kier alpha value is -0.840. The monoisotopic (exact) mass is 267 g/mol. The Kier molecular flexibility index (Phi) is 5.43. The molecule has 0 spiro atoms. The SMILES string of the molecule is NCCO[C@@H]1C=CC=C(OCC2(O)CCCCC2)C1. The third-order valence-electron chi connectivity index (χ3n) is 3.77. The molecule has 0 aliphatic heterocycles. The Morgan fingerprint density at radius 3 is 2.84 bits per heavy atom. The molecule has 2 rings (SSSR count). The molecule has 0 aromatic heterocycles. The first-order valence-corrected chi connectivity index (χ1v) is 7.26. The van der Waals surface area contributed by atoms with Crippen LogP contribution in [-0.2, 0) is 9.47 Å². The van der Waals surface area contributed by atoms with Crippen LogP contribution in [0.5, 0.6) is 0 Å². The van der Waals surface area contributed by atoms with Gasteiger partial charge < -0.3 is 20.3 Å². The van der Waals surface area contributed by atoms with E-state index in [0.717, 1.165) is 37.9 Å². The first-order chi connectivity index (χ1) is 9.22. The lowest BCUT2D eigenvalue weighted by Crippen LogP contribution is -2.36. The highest BCUT2D eigenvalue weighted by molar-refractivity contribution is 5.17. The Morgan fingerprint density at radius 2 is 2.11 bits per heavy atom. The van der Waals surface area contributed by atoms with Crippen LogP contribution >= 0.6 is 0 Å². The van der Waals surface area contributed by atoms with Gasteiger partial charge in [-0.1, -0.05) is 31.4 Å². The summed E-state index contributed by atoms with van der Waals surface area (Å²) in [5.41, 5.74) is 4.79. The first kappa shape index (κ1) is 14.6. The van der Waals surface area contributed by atoms with E-state index >= 15 is 0 Å². The molecule has 19 heavy (non-hydrogen) atoms. The molecule has 0 bridgehead atoms. The summed E-state index contributed by atoms with van der Waals surface area (Å²) in [7, 11) is 0. The Balaban J connectivity index is 1.76. The van der Waals surface area contributed by atoms with Crippen LogP contribution in [0.1, 0.15) is 38.5 Å². The smallest absolute Gasteiger partial charge is 0.116 e. The molecule has 0 radical (unpaired) electrons. The van der Waals surface area contributed by atoms with E-state index in [1.54, 1.807) is 0 Å².